The van der Waals surface area contributed by atoms with Gasteiger partial charge in [0.15, 0.2) is 9.84 Å². The number of rotatable bonds is 8. The molecule has 0 fully saturated rings. The first-order valence-corrected chi connectivity index (χ1v) is 11.4. The Morgan fingerprint density at radius 3 is 2.16 bits per heavy atom. The zero-order valence-corrected chi connectivity index (χ0v) is 18.5. The van der Waals surface area contributed by atoms with Gasteiger partial charge in [0.25, 0.3) is 5.91 Å². The van der Waals surface area contributed by atoms with Crippen LogP contribution in [0.4, 0.5) is 0 Å². The van der Waals surface area contributed by atoms with Crippen molar-refractivity contribution in [3.8, 4) is 5.75 Å². The molecule has 0 radical (unpaired) electrons. The zero-order chi connectivity index (χ0) is 23.1. The second-order valence-electron chi connectivity index (χ2n) is 6.98. The van der Waals surface area contributed by atoms with Crippen molar-refractivity contribution in [3.63, 3.8) is 0 Å². The van der Waals surface area contributed by atoms with Crippen molar-refractivity contribution in [2.45, 2.75) is 17.2 Å². The quantitative estimate of drug-likeness (QED) is 0.525. The van der Waals surface area contributed by atoms with E-state index in [4.69, 9.17) is 9.47 Å². The predicted octanol–water partition coefficient (Wildman–Crippen LogP) is 3.39. The summed E-state index contributed by atoms with van der Waals surface area (Å²) in [4.78, 5) is 24.6. The fraction of sp³-hybridized carbons (Fsp3) is 0.167. The standard InChI is InChI=1S/C24H23NO6S/c1-30-22-13-10-18(14-21(22)24(27)31-2)15-25-23(26)19-11-8-17(9-12-19)16-32(28,29)20-6-4-3-5-7-20/h3-14H,15-16H2,1-2H3,(H,25,26). The zero-order valence-electron chi connectivity index (χ0n) is 17.7. The van der Waals surface area contributed by atoms with E-state index in [2.05, 4.69) is 5.32 Å². The van der Waals surface area contributed by atoms with Crippen LogP contribution in [0, 0.1) is 0 Å². The lowest BCUT2D eigenvalue weighted by Crippen LogP contribution is -2.23. The molecule has 0 spiro atoms. The molecule has 0 aliphatic heterocycles. The number of esters is 1. The minimum absolute atomic E-state index is 0.152. The summed E-state index contributed by atoms with van der Waals surface area (Å²) in [5.41, 5.74) is 1.95. The van der Waals surface area contributed by atoms with Crippen molar-refractivity contribution in [3.05, 3.63) is 95.1 Å². The largest absolute Gasteiger partial charge is 0.496 e. The third kappa shape index (κ3) is 5.53. The molecule has 0 aliphatic rings. The first kappa shape index (κ1) is 23.0. The normalized spacial score (nSPS) is 10.9. The van der Waals surface area contributed by atoms with Gasteiger partial charge in [0.05, 0.1) is 24.9 Å². The molecule has 32 heavy (non-hydrogen) atoms. The highest BCUT2D eigenvalue weighted by Gasteiger charge is 2.16. The number of carbonyl (C=O) groups excluding carboxylic acids is 2. The van der Waals surface area contributed by atoms with Crippen LogP contribution < -0.4 is 10.1 Å². The summed E-state index contributed by atoms with van der Waals surface area (Å²) < 4.78 is 34.9. The molecule has 0 aromatic heterocycles. The van der Waals surface area contributed by atoms with Gasteiger partial charge in [-0.1, -0.05) is 36.4 Å². The Labute approximate surface area is 186 Å². The van der Waals surface area contributed by atoms with Crippen molar-refractivity contribution in [2.24, 2.45) is 0 Å². The van der Waals surface area contributed by atoms with Crippen molar-refractivity contribution in [1.29, 1.82) is 0 Å². The lowest BCUT2D eigenvalue weighted by atomic mass is 10.1. The number of methoxy groups -OCH3 is 2. The van der Waals surface area contributed by atoms with E-state index in [9.17, 15) is 18.0 Å². The van der Waals surface area contributed by atoms with Crippen LogP contribution in [-0.4, -0.2) is 34.5 Å². The molecule has 0 unspecified atom stereocenters. The molecule has 1 N–H and O–H groups in total. The molecule has 3 aromatic carbocycles. The Morgan fingerprint density at radius 2 is 1.53 bits per heavy atom. The van der Waals surface area contributed by atoms with E-state index in [1.165, 1.54) is 14.2 Å². The molecule has 3 aromatic rings. The van der Waals surface area contributed by atoms with E-state index in [1.54, 1.807) is 72.8 Å². The maximum Gasteiger partial charge on any atom is 0.341 e. The topological polar surface area (TPSA) is 98.8 Å². The number of carbonyl (C=O) groups is 2. The van der Waals surface area contributed by atoms with Gasteiger partial charge in [-0.25, -0.2) is 13.2 Å². The number of hydrogen-bond donors (Lipinski definition) is 1. The molecule has 8 heteroatoms. The van der Waals surface area contributed by atoms with Crippen molar-refractivity contribution >= 4 is 21.7 Å². The Balaban J connectivity index is 1.65. The van der Waals surface area contributed by atoms with Gasteiger partial charge in [-0.05, 0) is 47.5 Å². The van der Waals surface area contributed by atoms with Crippen LogP contribution in [0.1, 0.15) is 31.8 Å². The number of nitrogens with one attached hydrogen (secondary N) is 1. The van der Waals surface area contributed by atoms with Gasteiger partial charge in [-0.15, -0.1) is 0 Å². The number of ether oxygens (including phenoxy) is 2. The molecule has 0 saturated heterocycles. The van der Waals surface area contributed by atoms with E-state index in [1.807, 2.05) is 0 Å². The highest BCUT2D eigenvalue weighted by Crippen LogP contribution is 2.21. The van der Waals surface area contributed by atoms with Gasteiger partial charge in [0.1, 0.15) is 11.3 Å². The summed E-state index contributed by atoms with van der Waals surface area (Å²) >= 11 is 0. The lowest BCUT2D eigenvalue weighted by Gasteiger charge is -2.10. The van der Waals surface area contributed by atoms with Crippen LogP contribution >= 0.6 is 0 Å². The SMILES string of the molecule is COC(=O)c1cc(CNC(=O)c2ccc(CS(=O)(=O)c3ccccc3)cc2)ccc1OC. The van der Waals surface area contributed by atoms with E-state index in [0.29, 0.717) is 22.4 Å². The summed E-state index contributed by atoms with van der Waals surface area (Å²) in [5, 5.41) is 2.78. The van der Waals surface area contributed by atoms with E-state index in [0.717, 1.165) is 0 Å². The van der Waals surface area contributed by atoms with Crippen LogP contribution in [0.3, 0.4) is 0 Å². The smallest absolute Gasteiger partial charge is 0.341 e. The van der Waals surface area contributed by atoms with Gasteiger partial charge < -0.3 is 14.8 Å². The van der Waals surface area contributed by atoms with Crippen molar-refractivity contribution < 1.29 is 27.5 Å². The predicted molar refractivity (Wildman–Crippen MR) is 119 cm³/mol. The highest BCUT2D eigenvalue weighted by molar-refractivity contribution is 7.90. The van der Waals surface area contributed by atoms with Crippen LogP contribution in [0.2, 0.25) is 0 Å². The number of sulfone groups is 1. The summed E-state index contributed by atoms with van der Waals surface area (Å²) in [7, 11) is -0.721. The van der Waals surface area contributed by atoms with Gasteiger partial charge >= 0.3 is 5.97 Å². The molecule has 7 nitrogen and oxygen atoms in total. The molecular weight excluding hydrogens is 430 g/mol. The maximum atomic E-state index is 12.5. The minimum Gasteiger partial charge on any atom is -0.496 e. The summed E-state index contributed by atoms with van der Waals surface area (Å²) in [6.07, 6.45) is 0. The lowest BCUT2D eigenvalue weighted by molar-refractivity contribution is 0.0597. The van der Waals surface area contributed by atoms with Gasteiger partial charge in [-0.3, -0.25) is 4.79 Å². The maximum absolute atomic E-state index is 12.5. The molecule has 0 saturated carbocycles. The minimum atomic E-state index is -3.46. The Morgan fingerprint density at radius 1 is 0.875 bits per heavy atom. The van der Waals surface area contributed by atoms with Crippen molar-refractivity contribution in [2.75, 3.05) is 14.2 Å². The van der Waals surface area contributed by atoms with E-state index >= 15 is 0 Å². The number of hydrogen-bond acceptors (Lipinski definition) is 6. The monoisotopic (exact) mass is 453 g/mol. The second-order valence-corrected chi connectivity index (χ2v) is 8.97. The third-order valence-corrected chi connectivity index (χ3v) is 6.50. The molecule has 166 valence electrons. The van der Waals surface area contributed by atoms with Crippen LogP contribution in [0.15, 0.2) is 77.7 Å². The molecule has 0 aliphatic carbocycles. The second kappa shape index (κ2) is 10.1. The summed E-state index contributed by atoms with van der Waals surface area (Å²) in [6.45, 7) is 0.191. The Hall–Kier alpha value is -3.65. The van der Waals surface area contributed by atoms with E-state index in [-0.39, 0.29) is 28.7 Å². The van der Waals surface area contributed by atoms with E-state index < -0.39 is 15.8 Å². The van der Waals surface area contributed by atoms with Gasteiger partial charge in [0, 0.05) is 12.1 Å². The third-order valence-electron chi connectivity index (χ3n) is 4.80. The Bertz CT molecular complexity index is 1200. The fourth-order valence-corrected chi connectivity index (χ4v) is 4.47. The first-order chi connectivity index (χ1) is 15.3. The average molecular weight is 454 g/mol. The molecular formula is C24H23NO6S. The molecule has 0 heterocycles. The summed E-state index contributed by atoms with van der Waals surface area (Å²) in [6, 6.07) is 19.6. The molecule has 0 atom stereocenters. The number of amides is 1. The number of benzene rings is 3. The average Bonchev–Trinajstić information content (AvgIpc) is 2.82. The fourth-order valence-electron chi connectivity index (χ4n) is 3.10. The molecule has 0 bridgehead atoms. The van der Waals surface area contributed by atoms with Crippen molar-refractivity contribution in [1.82, 2.24) is 5.32 Å². The van der Waals surface area contributed by atoms with Gasteiger partial charge in [-0.2, -0.15) is 0 Å². The van der Waals surface area contributed by atoms with Crippen LogP contribution in [0.25, 0.3) is 0 Å². The molecule has 3 rings (SSSR count). The first-order valence-electron chi connectivity index (χ1n) is 9.74. The van der Waals surface area contributed by atoms with Crippen LogP contribution in [0.5, 0.6) is 5.75 Å². The molecule has 1 amide bonds. The summed E-state index contributed by atoms with van der Waals surface area (Å²) in [5.74, 6) is -0.622. The Kier molecular flexibility index (Phi) is 7.27. The highest BCUT2D eigenvalue weighted by atomic mass is 32.2. The van der Waals surface area contributed by atoms with Crippen LogP contribution in [-0.2, 0) is 26.9 Å². The van der Waals surface area contributed by atoms with Gasteiger partial charge in [0.2, 0.25) is 0 Å².